The zero-order valence-electron chi connectivity index (χ0n) is 11.9. The van der Waals surface area contributed by atoms with Gasteiger partial charge in [-0.2, -0.15) is 0 Å². The summed E-state index contributed by atoms with van der Waals surface area (Å²) in [5.74, 6) is -0.111. The van der Waals surface area contributed by atoms with E-state index in [0.29, 0.717) is 11.3 Å². The first-order chi connectivity index (χ1) is 10.2. The van der Waals surface area contributed by atoms with E-state index in [-0.39, 0.29) is 18.4 Å². The third-order valence-corrected chi connectivity index (χ3v) is 4.11. The summed E-state index contributed by atoms with van der Waals surface area (Å²) < 4.78 is 5.20. The second kappa shape index (κ2) is 6.26. The predicted molar refractivity (Wildman–Crippen MR) is 78.7 cm³/mol. The van der Waals surface area contributed by atoms with Gasteiger partial charge in [0.25, 0.3) is 0 Å². The quantitative estimate of drug-likeness (QED) is 0.849. The van der Waals surface area contributed by atoms with Crippen LogP contribution in [0.1, 0.15) is 37.8 Å². The van der Waals surface area contributed by atoms with Crippen LogP contribution in [0.3, 0.4) is 0 Å². The Morgan fingerprint density at radius 1 is 1.29 bits per heavy atom. The molecule has 0 aliphatic heterocycles. The topological polar surface area (TPSA) is 75.4 Å². The Morgan fingerprint density at radius 2 is 2.10 bits per heavy atom. The molecule has 5 nitrogen and oxygen atoms in total. The molecule has 21 heavy (non-hydrogen) atoms. The van der Waals surface area contributed by atoms with Gasteiger partial charge in [-0.3, -0.25) is 4.79 Å². The SMILES string of the molecule is O=C(Cc1noc2ccccc12)NC1CCCCCC1O. The number of para-hydroxylation sites is 1. The molecule has 3 rings (SSSR count). The molecular weight excluding hydrogens is 268 g/mol. The van der Waals surface area contributed by atoms with Crippen LogP contribution in [0.4, 0.5) is 0 Å². The fourth-order valence-electron chi connectivity index (χ4n) is 2.93. The minimum atomic E-state index is -0.439. The third kappa shape index (κ3) is 3.24. The van der Waals surface area contributed by atoms with Crippen molar-refractivity contribution in [1.29, 1.82) is 0 Å². The lowest BCUT2D eigenvalue weighted by Crippen LogP contribution is -2.43. The number of aromatic nitrogens is 1. The van der Waals surface area contributed by atoms with Gasteiger partial charge in [-0.25, -0.2) is 0 Å². The molecule has 1 aliphatic rings. The number of benzene rings is 1. The molecule has 0 spiro atoms. The highest BCUT2D eigenvalue weighted by molar-refractivity contribution is 5.86. The second-order valence-corrected chi connectivity index (χ2v) is 5.68. The minimum Gasteiger partial charge on any atom is -0.391 e. The van der Waals surface area contributed by atoms with E-state index in [2.05, 4.69) is 10.5 Å². The van der Waals surface area contributed by atoms with E-state index in [1.165, 1.54) is 0 Å². The fourth-order valence-corrected chi connectivity index (χ4v) is 2.93. The van der Waals surface area contributed by atoms with Crippen molar-refractivity contribution >= 4 is 16.9 Å². The van der Waals surface area contributed by atoms with Gasteiger partial charge in [0.1, 0.15) is 5.69 Å². The Bertz CT molecular complexity index is 623. The van der Waals surface area contributed by atoms with Gasteiger partial charge in [-0.15, -0.1) is 0 Å². The molecule has 1 aliphatic carbocycles. The molecule has 2 aromatic rings. The molecule has 1 heterocycles. The smallest absolute Gasteiger partial charge is 0.226 e. The third-order valence-electron chi connectivity index (χ3n) is 4.11. The molecule has 0 bridgehead atoms. The van der Waals surface area contributed by atoms with Crippen molar-refractivity contribution < 1.29 is 14.4 Å². The molecule has 112 valence electrons. The van der Waals surface area contributed by atoms with Gasteiger partial charge in [0.05, 0.1) is 18.6 Å². The Balaban J connectivity index is 1.66. The maximum Gasteiger partial charge on any atom is 0.226 e. The molecule has 2 unspecified atom stereocenters. The van der Waals surface area contributed by atoms with Crippen LogP contribution in [0.5, 0.6) is 0 Å². The van der Waals surface area contributed by atoms with Crippen LogP contribution in [0.15, 0.2) is 28.8 Å². The number of amides is 1. The number of carbonyl (C=O) groups excluding carboxylic acids is 1. The Morgan fingerprint density at radius 3 is 3.00 bits per heavy atom. The summed E-state index contributed by atoms with van der Waals surface area (Å²) in [6.45, 7) is 0. The lowest BCUT2D eigenvalue weighted by molar-refractivity contribution is -0.122. The summed E-state index contributed by atoms with van der Waals surface area (Å²) in [5, 5.41) is 17.8. The van der Waals surface area contributed by atoms with Crippen LogP contribution in [0, 0.1) is 0 Å². The van der Waals surface area contributed by atoms with Gasteiger partial charge >= 0.3 is 0 Å². The van der Waals surface area contributed by atoms with Crippen molar-refractivity contribution in [2.75, 3.05) is 0 Å². The van der Waals surface area contributed by atoms with Gasteiger partial charge in [-0.05, 0) is 25.0 Å². The summed E-state index contributed by atoms with van der Waals surface area (Å²) in [6, 6.07) is 7.36. The van der Waals surface area contributed by atoms with Crippen molar-refractivity contribution in [2.24, 2.45) is 0 Å². The summed E-state index contributed by atoms with van der Waals surface area (Å²) >= 11 is 0. The van der Waals surface area contributed by atoms with E-state index in [9.17, 15) is 9.90 Å². The van der Waals surface area contributed by atoms with Crippen LogP contribution in [-0.4, -0.2) is 28.3 Å². The van der Waals surface area contributed by atoms with Crippen LogP contribution >= 0.6 is 0 Å². The highest BCUT2D eigenvalue weighted by Gasteiger charge is 2.23. The molecule has 2 N–H and O–H groups in total. The first kappa shape index (κ1) is 14.1. The number of aliphatic hydroxyl groups excluding tert-OH is 1. The van der Waals surface area contributed by atoms with Gasteiger partial charge < -0.3 is 14.9 Å². The number of rotatable bonds is 3. The highest BCUT2D eigenvalue weighted by atomic mass is 16.5. The van der Waals surface area contributed by atoms with Gasteiger partial charge in [-0.1, -0.05) is 36.6 Å². The first-order valence-electron chi connectivity index (χ1n) is 7.55. The molecule has 2 atom stereocenters. The number of carbonyl (C=O) groups is 1. The summed E-state index contributed by atoms with van der Waals surface area (Å²) in [5.41, 5.74) is 1.33. The predicted octanol–water partition coefficient (Wildman–Crippen LogP) is 2.18. The molecule has 0 radical (unpaired) electrons. The number of hydrogen-bond donors (Lipinski definition) is 2. The lowest BCUT2D eigenvalue weighted by Gasteiger charge is -2.21. The van der Waals surface area contributed by atoms with E-state index in [0.717, 1.165) is 37.5 Å². The molecule has 0 saturated heterocycles. The minimum absolute atomic E-state index is 0.111. The molecule has 1 amide bonds. The van der Waals surface area contributed by atoms with Crippen LogP contribution in [0.2, 0.25) is 0 Å². The summed E-state index contributed by atoms with van der Waals surface area (Å²) in [4.78, 5) is 12.2. The van der Waals surface area contributed by atoms with Gasteiger partial charge in [0, 0.05) is 5.39 Å². The average Bonchev–Trinajstić information content (AvgIpc) is 2.77. The number of nitrogens with zero attached hydrogens (tertiary/aromatic N) is 1. The normalized spacial score (nSPS) is 22.9. The van der Waals surface area contributed by atoms with Crippen molar-refractivity contribution in [3.63, 3.8) is 0 Å². The largest absolute Gasteiger partial charge is 0.391 e. The van der Waals surface area contributed by atoms with Crippen molar-refractivity contribution in [3.05, 3.63) is 30.0 Å². The monoisotopic (exact) mass is 288 g/mol. The molecular formula is C16H20N2O3. The first-order valence-corrected chi connectivity index (χ1v) is 7.55. The highest BCUT2D eigenvalue weighted by Crippen LogP contribution is 2.20. The van der Waals surface area contributed by atoms with Crippen LogP contribution in [-0.2, 0) is 11.2 Å². The maximum atomic E-state index is 12.2. The molecule has 1 fully saturated rings. The van der Waals surface area contributed by atoms with Crippen molar-refractivity contribution in [2.45, 2.75) is 50.7 Å². The lowest BCUT2D eigenvalue weighted by atomic mass is 10.1. The average molecular weight is 288 g/mol. The molecule has 5 heteroatoms. The number of aliphatic hydroxyl groups is 1. The fraction of sp³-hybridized carbons (Fsp3) is 0.500. The van der Waals surface area contributed by atoms with E-state index in [4.69, 9.17) is 4.52 Å². The Labute approximate surface area is 123 Å². The number of fused-ring (bicyclic) bond motifs is 1. The van der Waals surface area contributed by atoms with Crippen LogP contribution < -0.4 is 5.32 Å². The number of hydrogen-bond acceptors (Lipinski definition) is 4. The van der Waals surface area contributed by atoms with Crippen LogP contribution in [0.25, 0.3) is 11.0 Å². The molecule has 1 aromatic carbocycles. The number of nitrogens with one attached hydrogen (secondary N) is 1. The Hall–Kier alpha value is -1.88. The standard InChI is InChI=1S/C16H20N2O3/c19-14-8-3-1-2-7-12(14)17-16(20)10-13-11-6-4-5-9-15(11)21-18-13/h4-6,9,12,14,19H,1-3,7-8,10H2,(H,17,20). The van der Waals surface area contributed by atoms with Crippen molar-refractivity contribution in [3.8, 4) is 0 Å². The van der Waals surface area contributed by atoms with E-state index >= 15 is 0 Å². The molecule has 1 aromatic heterocycles. The van der Waals surface area contributed by atoms with E-state index in [1.54, 1.807) is 0 Å². The van der Waals surface area contributed by atoms with E-state index < -0.39 is 6.10 Å². The molecule has 1 saturated carbocycles. The summed E-state index contributed by atoms with van der Waals surface area (Å²) in [7, 11) is 0. The van der Waals surface area contributed by atoms with E-state index in [1.807, 2.05) is 24.3 Å². The second-order valence-electron chi connectivity index (χ2n) is 5.68. The van der Waals surface area contributed by atoms with Gasteiger partial charge in [0.15, 0.2) is 5.58 Å². The van der Waals surface area contributed by atoms with Gasteiger partial charge in [0.2, 0.25) is 5.91 Å². The zero-order chi connectivity index (χ0) is 14.7. The summed E-state index contributed by atoms with van der Waals surface area (Å²) in [6.07, 6.45) is 4.55. The zero-order valence-corrected chi connectivity index (χ0v) is 11.9. The van der Waals surface area contributed by atoms with Crippen molar-refractivity contribution in [1.82, 2.24) is 10.5 Å². The Kier molecular flexibility index (Phi) is 4.20. The maximum absolute atomic E-state index is 12.2.